The number of hydrogen-bond donors (Lipinski definition) is 2. The normalized spacial score (nSPS) is 14.6. The van der Waals surface area contributed by atoms with Crippen LogP contribution in [0.25, 0.3) is 57.4 Å². The molecule has 8 unspecified atom stereocenters. The molecule has 1 heterocycles. The molecular weight excluding hydrogens is 1880 g/mol. The molecule has 2 aliphatic carbocycles. The molecule has 2 N–H and O–H groups in total. The van der Waals surface area contributed by atoms with Crippen LogP contribution in [-0.2, 0) is 19.6 Å². The molecule has 20 heteroatoms. The van der Waals surface area contributed by atoms with E-state index in [1.165, 1.54) is 184 Å². The van der Waals surface area contributed by atoms with Crippen LogP contribution in [0.2, 0.25) is 0 Å². The molecule has 0 amide bonds. The Hall–Kier alpha value is -11.7. The van der Waals surface area contributed by atoms with Crippen molar-refractivity contribution >= 4 is 85.0 Å². The van der Waals surface area contributed by atoms with Gasteiger partial charge in [0.1, 0.15) is 52.5 Å². The number of fused-ring (bicyclic) bond motifs is 6. The van der Waals surface area contributed by atoms with Crippen LogP contribution in [0.3, 0.4) is 0 Å². The van der Waals surface area contributed by atoms with Gasteiger partial charge < -0.3 is 43.2 Å². The van der Waals surface area contributed by atoms with Gasteiger partial charge in [0, 0.05) is 33.4 Å². The molecule has 1 aromatic heterocycles. The van der Waals surface area contributed by atoms with E-state index in [2.05, 4.69) is 246 Å². The highest BCUT2D eigenvalue weighted by Crippen LogP contribution is 2.49. The van der Waals surface area contributed by atoms with E-state index in [4.69, 9.17) is 28.8 Å². The van der Waals surface area contributed by atoms with Crippen molar-refractivity contribution in [3.63, 3.8) is 0 Å². The van der Waals surface area contributed by atoms with E-state index in [0.29, 0.717) is 76.4 Å². The lowest BCUT2D eigenvalue weighted by atomic mass is 9.83. The number of aromatic hydroxyl groups is 2. The Labute approximate surface area is 867 Å². The molecule has 146 heavy (non-hydrogen) atoms. The molecule has 0 radical (unpaired) electrons. The van der Waals surface area contributed by atoms with E-state index in [-0.39, 0.29) is 27.8 Å². The first-order chi connectivity index (χ1) is 69.9. The van der Waals surface area contributed by atoms with Gasteiger partial charge in [0.05, 0.1) is 18.3 Å². The van der Waals surface area contributed by atoms with Crippen LogP contribution in [0.4, 0.5) is 22.0 Å². The van der Waals surface area contributed by atoms with Crippen LogP contribution < -0.4 is 23.7 Å². The highest BCUT2D eigenvalue weighted by Gasteiger charge is 2.61. The molecule has 2 saturated carbocycles. The van der Waals surface area contributed by atoms with Crippen molar-refractivity contribution < 1.29 is 83.1 Å². The predicted octanol–water partition coefficient (Wildman–Crippen LogP) is 36.4. The lowest BCUT2D eigenvalue weighted by Crippen LogP contribution is -2.52. The Morgan fingerprint density at radius 1 is 0.418 bits per heavy atom. The second kappa shape index (κ2) is 57.0. The zero-order valence-electron chi connectivity index (χ0n) is 88.3. The number of rotatable bonds is 34. The second-order valence-electron chi connectivity index (χ2n) is 39.7. The fraction of sp³-hybridized carbons (Fsp3) is 0.413. The van der Waals surface area contributed by atoms with Crippen molar-refractivity contribution in [2.45, 2.75) is 310 Å². The molecule has 13 aromatic carbocycles. The first kappa shape index (κ1) is 116. The molecule has 16 rings (SSSR count). The monoisotopic (exact) mass is 2030 g/mol. The van der Waals surface area contributed by atoms with Gasteiger partial charge in [0.25, 0.3) is 0 Å². The van der Waals surface area contributed by atoms with Gasteiger partial charge in [-0.15, -0.1) is 0 Å². The number of hydrogen-bond acceptors (Lipinski definition) is 13. The number of benzene rings is 13. The van der Waals surface area contributed by atoms with Crippen LogP contribution in [0.15, 0.2) is 285 Å². The maximum absolute atomic E-state index is 13.4. The molecule has 0 bridgehead atoms. The highest BCUT2D eigenvalue weighted by atomic mass is 32.2. The van der Waals surface area contributed by atoms with Gasteiger partial charge in [-0.3, -0.25) is 0 Å². The number of phenols is 2. The Bertz CT molecular complexity index is 6400. The number of alkyl halides is 5. The van der Waals surface area contributed by atoms with E-state index >= 15 is 0 Å². The summed E-state index contributed by atoms with van der Waals surface area (Å²) >= 11 is 0. The number of carbonyl (C=O) groups excluding carboxylic acids is 2. The van der Waals surface area contributed by atoms with E-state index in [0.717, 1.165) is 77.5 Å². The summed E-state index contributed by atoms with van der Waals surface area (Å²) in [5.74, 6) is 7.49. The maximum atomic E-state index is 13.4. The van der Waals surface area contributed by atoms with Crippen LogP contribution in [0, 0.1) is 11.8 Å². The topological polar surface area (TPSA) is 187 Å². The number of halogens is 5. The van der Waals surface area contributed by atoms with E-state index in [9.17, 15) is 49.6 Å². The second-order valence-corrected chi connectivity index (χ2v) is 43.1. The molecular formula is C126H153F5O13S2. The van der Waals surface area contributed by atoms with Crippen LogP contribution >= 0.6 is 10.5 Å². The standard InChI is InChI=1S/C31H46O.C20H17OS.C19H19F5O6S.C17H18O2.C15H24O.C14H16O.C10H14O/c1-3-24(2)27-17-18-29-23-31(20-19-28(29)22-27)32-30(21-26-13-8-5-9-14-26)16-10-15-25-11-6-4-7-12-25;1-2-21-15-11-13-16(14-12-15)22-19-9-5-3-7-17(19)18-8-4-6-10-20(18)22;1-3-11(2)12-4-5-14-9-15(7-6-13(14)8-12)30-16(25)10-29-17(18(20,21)22)19(23,24)31(26,27)28;1-3-13(2)14-9-11-16(12-10-14)19-17(18)15-7-5-4-6-8-15;1-6-12(3)13-8-10-14(11-9-13)16-15(4,5)7-2;1-3-10(2)11-4-5-13-9-14(15)7-6-12(13)8-11;1-3-8(2)9-4-6-10(11)7-5-9/h17-20,22-26,30H,3-16,21H2,1-2H3;3-14H,2H2,1H3;4-9,11,17H,3,10H2,1-2H3,(H,26,27,28);4-13H,3H2,1-2H3;8-12H,6-7H2,1-5H3;4-10,15H,3H2,1-2H3;4-8,11H,3H2,1-2H3/q;+1;;;;;/p-1. The summed E-state index contributed by atoms with van der Waals surface area (Å²) in [7, 11) is -6.72. The molecule has 2 fully saturated rings. The summed E-state index contributed by atoms with van der Waals surface area (Å²) in [6.07, 6.45) is 17.5. The van der Waals surface area contributed by atoms with Crippen LogP contribution in [0.5, 0.6) is 40.2 Å². The van der Waals surface area contributed by atoms with Crippen LogP contribution in [-0.4, -0.2) is 77.6 Å². The minimum atomic E-state index is -6.71. The molecule has 13 nitrogen and oxygen atoms in total. The smallest absolute Gasteiger partial charge is 0.421 e. The zero-order chi connectivity index (χ0) is 106. The lowest BCUT2D eigenvalue weighted by Gasteiger charge is -2.29. The summed E-state index contributed by atoms with van der Waals surface area (Å²) in [6, 6.07) is 94.4. The molecule has 0 spiro atoms. The highest BCUT2D eigenvalue weighted by molar-refractivity contribution is 7.86. The minimum absolute atomic E-state index is 0.00832. The molecule has 14 aromatic rings. The zero-order valence-corrected chi connectivity index (χ0v) is 89.9. The van der Waals surface area contributed by atoms with E-state index in [1.807, 2.05) is 93.6 Å². The van der Waals surface area contributed by atoms with Crippen molar-refractivity contribution in [3.8, 4) is 45.1 Å². The van der Waals surface area contributed by atoms with Crippen molar-refractivity contribution in [2.75, 3.05) is 13.2 Å². The van der Waals surface area contributed by atoms with Gasteiger partial charge in [-0.05, 0) is 319 Å². The molecule has 782 valence electrons. The van der Waals surface area contributed by atoms with Crippen LogP contribution in [0.1, 0.15) is 325 Å². The fourth-order valence-corrected chi connectivity index (χ4v) is 20.8. The molecule has 0 saturated heterocycles. The van der Waals surface area contributed by atoms with Gasteiger partial charge >= 0.3 is 23.4 Å². The molecule has 2 aliphatic rings. The Morgan fingerprint density at radius 3 is 1.26 bits per heavy atom. The Kier molecular flexibility index (Phi) is 45.4. The average molecular weight is 2030 g/mol. The van der Waals surface area contributed by atoms with E-state index in [1.54, 1.807) is 48.5 Å². The SMILES string of the molecule is CCC(C)c1ccc(O)cc1.CCC(C)c1ccc(OC(=O)c2ccccc2)cc1.CCC(C)c1ccc(OC(C)(C)CC)cc1.CCC(C)c1ccc2cc(O)ccc2c1.CCC(C)c1ccc2cc(OC(=O)COC(C(F)(F)F)C(F)(F)S(=O)(=O)[O-])ccc2c1.CCC(C)c1ccc2cc(OC(CCCC3CCCCC3)CC3CCCCC3)ccc2c1.CCOc1ccc(-[s+]2c3ccccc3c3ccccc32)cc1. The first-order valence-electron chi connectivity index (χ1n) is 52.7. The third kappa shape index (κ3) is 35.0. The maximum Gasteiger partial charge on any atom is 0.421 e. The fourth-order valence-electron chi connectivity index (χ4n) is 18.0. The van der Waals surface area contributed by atoms with Gasteiger partial charge in [-0.2, -0.15) is 22.0 Å². The first-order valence-corrected chi connectivity index (χ1v) is 55.3. The molecule has 8 atom stereocenters. The Morgan fingerprint density at radius 2 is 0.801 bits per heavy atom. The summed E-state index contributed by atoms with van der Waals surface area (Å²) in [5.41, 5.74) is 8.35. The Balaban J connectivity index is 0.000000179. The summed E-state index contributed by atoms with van der Waals surface area (Å²) in [5, 5.41) is 21.7. The molecule has 0 aliphatic heterocycles. The van der Waals surface area contributed by atoms with E-state index < -0.39 is 40.2 Å². The third-order valence-electron chi connectivity index (χ3n) is 28.6. The van der Waals surface area contributed by atoms with Crippen molar-refractivity contribution in [1.29, 1.82) is 0 Å². The largest absolute Gasteiger partial charge is 0.743 e. The average Bonchev–Trinajstić information content (AvgIpc) is 1.17. The lowest BCUT2D eigenvalue weighted by molar-refractivity contribution is -0.264. The van der Waals surface area contributed by atoms with Crippen molar-refractivity contribution in [1.82, 2.24) is 0 Å². The van der Waals surface area contributed by atoms with Gasteiger partial charge in [0.15, 0.2) is 24.4 Å². The number of esters is 2. The predicted molar refractivity (Wildman–Crippen MR) is 592 cm³/mol. The van der Waals surface area contributed by atoms with Crippen molar-refractivity contribution in [2.24, 2.45) is 11.8 Å². The summed E-state index contributed by atoms with van der Waals surface area (Å²) < 4.78 is 131. The third-order valence-corrected chi connectivity index (χ3v) is 31.8. The number of thiophene rings is 1. The quantitative estimate of drug-likeness (QED) is 0.0128. The minimum Gasteiger partial charge on any atom is -0.743 e. The van der Waals surface area contributed by atoms with Gasteiger partial charge in [-0.1, -0.05) is 312 Å². The summed E-state index contributed by atoms with van der Waals surface area (Å²) in [4.78, 5) is 25.0. The van der Waals surface area contributed by atoms with Crippen molar-refractivity contribution in [3.05, 3.63) is 324 Å². The number of ether oxygens (including phenoxy) is 6. The van der Waals surface area contributed by atoms with Gasteiger partial charge in [0.2, 0.25) is 6.10 Å². The van der Waals surface area contributed by atoms with Gasteiger partial charge in [-0.25, -0.2) is 18.0 Å². The number of carbonyl (C=O) groups is 2. The number of phenolic OH excluding ortho intramolecular Hbond substituents is 2. The summed E-state index contributed by atoms with van der Waals surface area (Å²) in [6.45, 7) is 33.7.